The number of nitrogens with one attached hydrogen (secondary N) is 1. The van der Waals surface area contributed by atoms with E-state index in [4.69, 9.17) is 0 Å². The highest BCUT2D eigenvalue weighted by molar-refractivity contribution is 7.92. The predicted octanol–water partition coefficient (Wildman–Crippen LogP) is 6.97. The zero-order valence-corrected chi connectivity index (χ0v) is 25.2. The summed E-state index contributed by atoms with van der Waals surface area (Å²) in [4.78, 5) is 26.6. The highest BCUT2D eigenvalue weighted by atomic mass is 32.2. The highest BCUT2D eigenvalue weighted by Crippen LogP contribution is 2.27. The van der Waals surface area contributed by atoms with Gasteiger partial charge in [-0.2, -0.15) is 0 Å². The molecule has 0 heterocycles. The maximum atomic E-state index is 13.7. The molecule has 7 heteroatoms. The Morgan fingerprint density at radius 1 is 0.732 bits per heavy atom. The fourth-order valence-corrected chi connectivity index (χ4v) is 6.01. The number of ketones is 1. The third kappa shape index (κ3) is 7.11. The van der Waals surface area contributed by atoms with Gasteiger partial charge in [0.05, 0.1) is 10.6 Å². The van der Waals surface area contributed by atoms with Crippen LogP contribution in [0.1, 0.15) is 58.9 Å². The number of rotatable bonds is 8. The van der Waals surface area contributed by atoms with E-state index in [-0.39, 0.29) is 16.1 Å². The number of nitrogens with zero attached hydrogens (tertiary/aromatic N) is 1. The number of anilines is 2. The maximum absolute atomic E-state index is 13.7. The predicted molar refractivity (Wildman–Crippen MR) is 165 cm³/mol. The zero-order chi connectivity index (χ0) is 29.9. The molecule has 0 spiro atoms. The minimum Gasteiger partial charge on any atom is -0.324 e. The molecule has 0 aliphatic rings. The third-order valence-electron chi connectivity index (χ3n) is 6.81. The summed E-state index contributed by atoms with van der Waals surface area (Å²) < 4.78 is 28.6. The van der Waals surface area contributed by atoms with Gasteiger partial charge in [-0.15, -0.1) is 0 Å². The van der Waals surface area contributed by atoms with E-state index in [2.05, 4.69) is 26.1 Å². The van der Waals surface area contributed by atoms with Crippen LogP contribution < -0.4 is 9.62 Å². The summed E-state index contributed by atoms with van der Waals surface area (Å²) in [5.41, 5.74) is 5.57. The Bertz CT molecular complexity index is 1660. The fraction of sp³-hybridized carbons (Fsp3) is 0.235. The van der Waals surface area contributed by atoms with Gasteiger partial charge in [0, 0.05) is 16.8 Å². The van der Waals surface area contributed by atoms with Crippen LogP contribution in [0.4, 0.5) is 11.4 Å². The molecular formula is C34H36N2O4S. The van der Waals surface area contributed by atoms with E-state index in [0.717, 1.165) is 26.6 Å². The van der Waals surface area contributed by atoms with E-state index in [9.17, 15) is 18.0 Å². The lowest BCUT2D eigenvalue weighted by Gasteiger charge is -2.25. The number of hydrogen-bond acceptors (Lipinski definition) is 4. The monoisotopic (exact) mass is 568 g/mol. The molecule has 0 aliphatic heterocycles. The highest BCUT2D eigenvalue weighted by Gasteiger charge is 2.28. The Balaban J connectivity index is 1.59. The van der Waals surface area contributed by atoms with Crippen molar-refractivity contribution in [3.8, 4) is 0 Å². The molecule has 41 heavy (non-hydrogen) atoms. The van der Waals surface area contributed by atoms with Gasteiger partial charge < -0.3 is 5.32 Å². The summed E-state index contributed by atoms with van der Waals surface area (Å²) in [7, 11) is -4.05. The molecule has 0 saturated heterocycles. The first-order chi connectivity index (χ1) is 19.2. The number of carbonyl (C=O) groups excluding carboxylic acids is 2. The lowest BCUT2D eigenvalue weighted by atomic mass is 9.86. The van der Waals surface area contributed by atoms with Crippen molar-refractivity contribution in [1.82, 2.24) is 0 Å². The van der Waals surface area contributed by atoms with Gasteiger partial charge in [0.25, 0.3) is 10.0 Å². The smallest absolute Gasteiger partial charge is 0.264 e. The van der Waals surface area contributed by atoms with Crippen LogP contribution in [0.5, 0.6) is 0 Å². The molecule has 0 unspecified atom stereocenters. The number of amides is 1. The average Bonchev–Trinajstić information content (AvgIpc) is 2.90. The Hall–Kier alpha value is -4.23. The summed E-state index contributed by atoms with van der Waals surface area (Å²) in [5, 5.41) is 2.78. The maximum Gasteiger partial charge on any atom is 0.264 e. The Morgan fingerprint density at radius 2 is 1.34 bits per heavy atom. The molecule has 0 atom stereocenters. The first-order valence-electron chi connectivity index (χ1n) is 13.5. The second-order valence-corrected chi connectivity index (χ2v) is 13.3. The topological polar surface area (TPSA) is 83.6 Å². The van der Waals surface area contributed by atoms with Crippen LogP contribution >= 0.6 is 0 Å². The Kier molecular flexibility index (Phi) is 8.50. The summed E-state index contributed by atoms with van der Waals surface area (Å²) in [6, 6.07) is 26.2. The van der Waals surface area contributed by atoms with Gasteiger partial charge in [-0.3, -0.25) is 13.9 Å². The van der Waals surface area contributed by atoms with Crippen LogP contribution in [-0.2, 0) is 20.2 Å². The largest absolute Gasteiger partial charge is 0.324 e. The van der Waals surface area contributed by atoms with Gasteiger partial charge >= 0.3 is 0 Å². The van der Waals surface area contributed by atoms with Crippen LogP contribution in [0.2, 0.25) is 0 Å². The minimum absolute atomic E-state index is 0.0241. The van der Waals surface area contributed by atoms with Crippen molar-refractivity contribution in [2.75, 3.05) is 16.2 Å². The molecule has 4 aromatic rings. The summed E-state index contributed by atoms with van der Waals surface area (Å²) in [6.07, 6.45) is 0. The van der Waals surface area contributed by atoms with E-state index < -0.39 is 22.5 Å². The lowest BCUT2D eigenvalue weighted by molar-refractivity contribution is -0.114. The molecule has 1 N–H and O–H groups in total. The second kappa shape index (κ2) is 11.7. The van der Waals surface area contributed by atoms with Crippen molar-refractivity contribution in [1.29, 1.82) is 0 Å². The summed E-state index contributed by atoms with van der Waals surface area (Å²) in [6.45, 7) is 11.5. The SMILES string of the molecule is Cc1ccc(S(=O)(=O)N(CC(=O)Nc2cccc(C(=O)c3ccc(C(C)(C)C)cc3)c2)c2cc(C)cc(C)c2)cc1. The van der Waals surface area contributed by atoms with E-state index in [1.807, 2.05) is 51.1 Å². The summed E-state index contributed by atoms with van der Waals surface area (Å²) in [5.74, 6) is -0.695. The molecule has 212 valence electrons. The van der Waals surface area contributed by atoms with Gasteiger partial charge in [-0.05, 0) is 79.3 Å². The van der Waals surface area contributed by atoms with Crippen molar-refractivity contribution in [3.05, 3.63) is 124 Å². The fourth-order valence-electron chi connectivity index (χ4n) is 4.60. The third-order valence-corrected chi connectivity index (χ3v) is 8.60. The number of hydrogen-bond donors (Lipinski definition) is 1. The van der Waals surface area contributed by atoms with Gasteiger partial charge in [0.2, 0.25) is 5.91 Å². The van der Waals surface area contributed by atoms with Crippen LogP contribution in [0.15, 0.2) is 95.9 Å². The van der Waals surface area contributed by atoms with Crippen LogP contribution in [0.3, 0.4) is 0 Å². The second-order valence-electron chi connectivity index (χ2n) is 11.5. The van der Waals surface area contributed by atoms with Crippen molar-refractivity contribution >= 4 is 33.1 Å². The number of sulfonamides is 1. The van der Waals surface area contributed by atoms with E-state index in [1.54, 1.807) is 60.7 Å². The number of aryl methyl sites for hydroxylation is 3. The van der Waals surface area contributed by atoms with Gasteiger partial charge in [-0.25, -0.2) is 8.42 Å². The molecule has 6 nitrogen and oxygen atoms in total. The van der Waals surface area contributed by atoms with Crippen LogP contribution in [-0.4, -0.2) is 26.7 Å². The van der Waals surface area contributed by atoms with E-state index in [0.29, 0.717) is 22.5 Å². The molecule has 0 fully saturated rings. The van der Waals surface area contributed by atoms with Crippen molar-refractivity contribution in [3.63, 3.8) is 0 Å². The minimum atomic E-state index is -4.05. The average molecular weight is 569 g/mol. The molecule has 0 bridgehead atoms. The van der Waals surface area contributed by atoms with Crippen molar-refractivity contribution in [2.45, 2.75) is 51.9 Å². The molecule has 0 radical (unpaired) electrons. The lowest BCUT2D eigenvalue weighted by Crippen LogP contribution is -2.38. The molecule has 4 rings (SSSR count). The first kappa shape index (κ1) is 29.7. The zero-order valence-electron chi connectivity index (χ0n) is 24.4. The van der Waals surface area contributed by atoms with Crippen LogP contribution in [0.25, 0.3) is 0 Å². The molecule has 0 aromatic heterocycles. The van der Waals surface area contributed by atoms with Gasteiger partial charge in [0.1, 0.15) is 6.54 Å². The standard InChI is InChI=1S/C34H36N2O4S/c1-23-10-16-31(17-11-23)41(39,40)36(30-19-24(2)18-25(3)20-30)22-32(37)35-29-9-7-8-27(21-29)33(38)26-12-14-28(15-13-26)34(4,5)6/h7-21H,22H2,1-6H3,(H,35,37). The molecule has 0 aliphatic carbocycles. The van der Waals surface area contributed by atoms with E-state index in [1.165, 1.54) is 0 Å². The Morgan fingerprint density at radius 3 is 1.93 bits per heavy atom. The van der Waals surface area contributed by atoms with E-state index >= 15 is 0 Å². The van der Waals surface area contributed by atoms with Crippen molar-refractivity contribution in [2.24, 2.45) is 0 Å². The quantitative estimate of drug-likeness (QED) is 0.233. The van der Waals surface area contributed by atoms with Gasteiger partial charge in [0.15, 0.2) is 5.78 Å². The van der Waals surface area contributed by atoms with Crippen LogP contribution in [0, 0.1) is 20.8 Å². The normalized spacial score (nSPS) is 11.7. The molecule has 4 aromatic carbocycles. The van der Waals surface area contributed by atoms with Gasteiger partial charge in [-0.1, -0.05) is 80.9 Å². The first-order valence-corrected chi connectivity index (χ1v) is 14.9. The van der Waals surface area contributed by atoms with Crippen molar-refractivity contribution < 1.29 is 18.0 Å². The Labute approximate surface area is 243 Å². The molecule has 1 amide bonds. The number of benzene rings is 4. The summed E-state index contributed by atoms with van der Waals surface area (Å²) >= 11 is 0. The molecule has 0 saturated carbocycles. The number of carbonyl (C=O) groups is 2. The molecular weight excluding hydrogens is 532 g/mol.